The number of Topliss-reactive ketones (excluding diaryl/α,β-unsaturated/α-hetero) is 1. The van der Waals surface area contributed by atoms with Crippen molar-refractivity contribution in [3.05, 3.63) is 34.5 Å². The van der Waals surface area contributed by atoms with E-state index in [1.54, 1.807) is 12.1 Å². The Morgan fingerprint density at radius 3 is 2.71 bits per heavy atom. The van der Waals surface area contributed by atoms with Gasteiger partial charge in [-0.25, -0.2) is 9.18 Å². The van der Waals surface area contributed by atoms with Crippen LogP contribution in [0, 0.1) is 5.82 Å². The molecule has 1 fully saturated rings. The number of benzene rings is 1. The first-order valence-electron chi connectivity index (χ1n) is 6.73. The first-order valence-corrected chi connectivity index (χ1v) is 7.55. The van der Waals surface area contributed by atoms with Crippen molar-refractivity contribution < 1.29 is 19.1 Å². The van der Waals surface area contributed by atoms with Gasteiger partial charge in [0.05, 0.1) is 0 Å². The van der Waals surface area contributed by atoms with Crippen molar-refractivity contribution in [3.8, 4) is 0 Å². The van der Waals surface area contributed by atoms with Gasteiger partial charge in [0.25, 0.3) is 0 Å². The molecular weight excluding hydrogens is 293 g/mol. The Morgan fingerprint density at radius 1 is 1.33 bits per heavy atom. The number of carboxylic acid groups (broad SMARTS) is 1. The Labute approximate surface area is 124 Å². The molecule has 0 amide bonds. The second kappa shape index (κ2) is 5.54. The average molecular weight is 307 g/mol. The average Bonchev–Trinajstić information content (AvgIpc) is 2.82. The van der Waals surface area contributed by atoms with Crippen molar-refractivity contribution in [1.82, 2.24) is 4.90 Å². The van der Waals surface area contributed by atoms with Gasteiger partial charge in [0.15, 0.2) is 0 Å². The van der Waals surface area contributed by atoms with Gasteiger partial charge in [-0.1, -0.05) is 6.07 Å². The summed E-state index contributed by atoms with van der Waals surface area (Å²) in [5.41, 5.74) is 0.523. The Morgan fingerprint density at radius 2 is 2.05 bits per heavy atom. The van der Waals surface area contributed by atoms with Crippen molar-refractivity contribution >= 4 is 33.2 Å². The van der Waals surface area contributed by atoms with Crippen LogP contribution in [-0.2, 0) is 11.3 Å². The molecule has 6 heteroatoms. The van der Waals surface area contributed by atoms with Crippen molar-refractivity contribution in [2.45, 2.75) is 19.4 Å². The minimum Gasteiger partial charge on any atom is -0.477 e. The number of aromatic carboxylic acids is 1. The zero-order chi connectivity index (χ0) is 15.0. The highest BCUT2D eigenvalue weighted by molar-refractivity contribution is 7.21. The minimum absolute atomic E-state index is 0.187. The number of nitrogens with zero attached hydrogens (tertiary/aromatic N) is 1. The molecule has 4 nitrogen and oxygen atoms in total. The number of hydrogen-bond donors (Lipinski definition) is 1. The molecule has 110 valence electrons. The molecule has 2 heterocycles. The van der Waals surface area contributed by atoms with E-state index in [2.05, 4.69) is 0 Å². The van der Waals surface area contributed by atoms with Gasteiger partial charge in [0.2, 0.25) is 0 Å². The normalized spacial score (nSPS) is 16.5. The molecule has 0 atom stereocenters. The fourth-order valence-corrected chi connectivity index (χ4v) is 3.74. The zero-order valence-electron chi connectivity index (χ0n) is 11.3. The molecule has 0 bridgehead atoms. The lowest BCUT2D eigenvalue weighted by Crippen LogP contribution is -2.33. The molecule has 1 aromatic carbocycles. The van der Waals surface area contributed by atoms with E-state index in [9.17, 15) is 19.1 Å². The third-order valence-electron chi connectivity index (χ3n) is 3.75. The molecule has 21 heavy (non-hydrogen) atoms. The molecule has 0 unspecified atom stereocenters. The van der Waals surface area contributed by atoms with Gasteiger partial charge in [-0.3, -0.25) is 9.69 Å². The molecule has 0 aliphatic carbocycles. The summed E-state index contributed by atoms with van der Waals surface area (Å²) >= 11 is 1.10. The molecule has 2 aromatic rings. The van der Waals surface area contributed by atoms with Crippen LogP contribution in [0.1, 0.15) is 28.1 Å². The summed E-state index contributed by atoms with van der Waals surface area (Å²) in [6, 6.07) is 4.67. The molecule has 0 saturated carbocycles. The molecule has 1 aliphatic heterocycles. The summed E-state index contributed by atoms with van der Waals surface area (Å²) in [6.45, 7) is 1.57. The number of carboxylic acids is 1. The lowest BCUT2D eigenvalue weighted by molar-refractivity contribution is -0.121. The van der Waals surface area contributed by atoms with Gasteiger partial charge < -0.3 is 5.11 Å². The number of fused-ring (bicyclic) bond motifs is 1. The van der Waals surface area contributed by atoms with Crippen LogP contribution < -0.4 is 0 Å². The Bertz CT molecular complexity index is 715. The molecular formula is C15H14FNO3S. The van der Waals surface area contributed by atoms with Crippen LogP contribution in [0.2, 0.25) is 0 Å². The Kier molecular flexibility index (Phi) is 3.73. The van der Waals surface area contributed by atoms with Gasteiger partial charge in [-0.05, 0) is 12.1 Å². The summed E-state index contributed by atoms with van der Waals surface area (Å²) in [4.78, 5) is 24.9. The highest BCUT2D eigenvalue weighted by atomic mass is 32.1. The summed E-state index contributed by atoms with van der Waals surface area (Å²) < 4.78 is 14.7. The number of hydrogen-bond acceptors (Lipinski definition) is 4. The van der Waals surface area contributed by atoms with Crippen LogP contribution in [0.5, 0.6) is 0 Å². The monoisotopic (exact) mass is 307 g/mol. The van der Waals surface area contributed by atoms with Crippen LogP contribution in [0.25, 0.3) is 10.1 Å². The number of rotatable bonds is 3. The van der Waals surface area contributed by atoms with E-state index in [0.717, 1.165) is 11.3 Å². The van der Waals surface area contributed by atoms with Crippen LogP contribution in [0.4, 0.5) is 4.39 Å². The number of piperidine rings is 1. The second-order valence-electron chi connectivity index (χ2n) is 5.14. The lowest BCUT2D eigenvalue weighted by atomic mass is 10.1. The lowest BCUT2D eigenvalue weighted by Gasteiger charge is -2.25. The van der Waals surface area contributed by atoms with Crippen LogP contribution in [0.3, 0.4) is 0 Å². The predicted octanol–water partition coefficient (Wildman–Crippen LogP) is 2.90. The van der Waals surface area contributed by atoms with E-state index in [1.165, 1.54) is 6.07 Å². The maximum Gasteiger partial charge on any atom is 0.346 e. The molecule has 0 radical (unpaired) electrons. The van der Waals surface area contributed by atoms with E-state index >= 15 is 0 Å². The number of halogens is 1. The second-order valence-corrected chi connectivity index (χ2v) is 6.19. The molecule has 1 aromatic heterocycles. The number of carbonyl (C=O) groups is 2. The number of ketones is 1. The molecule has 1 N–H and O–H groups in total. The van der Waals surface area contributed by atoms with E-state index in [-0.39, 0.29) is 16.5 Å². The number of likely N-dealkylation sites (tertiary alicyclic amines) is 1. The van der Waals surface area contributed by atoms with Gasteiger partial charge in [-0.15, -0.1) is 11.3 Å². The highest BCUT2D eigenvalue weighted by Crippen LogP contribution is 2.34. The van der Waals surface area contributed by atoms with Crippen LogP contribution in [0.15, 0.2) is 18.2 Å². The summed E-state index contributed by atoms with van der Waals surface area (Å²) in [6.07, 6.45) is 0.958. The SMILES string of the molecule is O=C1CCN(Cc2c(C(=O)O)sc3cccc(F)c23)CC1. The van der Waals surface area contributed by atoms with Crippen molar-refractivity contribution in [2.24, 2.45) is 0 Å². The van der Waals surface area contributed by atoms with Gasteiger partial charge in [0, 0.05) is 48.1 Å². The van der Waals surface area contributed by atoms with Crippen LogP contribution in [-0.4, -0.2) is 34.8 Å². The van der Waals surface area contributed by atoms with Crippen molar-refractivity contribution in [3.63, 3.8) is 0 Å². The number of thiophene rings is 1. The Balaban J connectivity index is 2.01. The first kappa shape index (κ1) is 14.2. The van der Waals surface area contributed by atoms with Gasteiger partial charge >= 0.3 is 5.97 Å². The van der Waals surface area contributed by atoms with E-state index in [4.69, 9.17) is 0 Å². The largest absolute Gasteiger partial charge is 0.477 e. The van der Waals surface area contributed by atoms with E-state index in [0.29, 0.717) is 48.1 Å². The number of carbonyl (C=O) groups excluding carboxylic acids is 1. The summed E-state index contributed by atoms with van der Waals surface area (Å²) in [5, 5.41) is 9.74. The topological polar surface area (TPSA) is 57.6 Å². The molecule has 0 spiro atoms. The maximum absolute atomic E-state index is 14.1. The van der Waals surface area contributed by atoms with Gasteiger partial charge in [-0.2, -0.15) is 0 Å². The van der Waals surface area contributed by atoms with E-state index < -0.39 is 5.97 Å². The fourth-order valence-electron chi connectivity index (χ4n) is 2.68. The smallest absolute Gasteiger partial charge is 0.346 e. The standard InChI is InChI=1S/C15H14FNO3S/c16-11-2-1-3-12-13(11)10(14(21-12)15(19)20)8-17-6-4-9(18)5-7-17/h1-3H,4-8H2,(H,19,20). The summed E-state index contributed by atoms with van der Waals surface area (Å²) in [7, 11) is 0. The Hall–Kier alpha value is -1.79. The van der Waals surface area contributed by atoms with Gasteiger partial charge in [0.1, 0.15) is 16.5 Å². The van der Waals surface area contributed by atoms with Crippen molar-refractivity contribution in [2.75, 3.05) is 13.1 Å². The van der Waals surface area contributed by atoms with Crippen molar-refractivity contribution in [1.29, 1.82) is 0 Å². The first-order chi connectivity index (χ1) is 10.1. The summed E-state index contributed by atoms with van der Waals surface area (Å²) in [5.74, 6) is -1.19. The zero-order valence-corrected chi connectivity index (χ0v) is 12.1. The third kappa shape index (κ3) is 2.69. The predicted molar refractivity (Wildman–Crippen MR) is 78.3 cm³/mol. The maximum atomic E-state index is 14.1. The fraction of sp³-hybridized carbons (Fsp3) is 0.333. The quantitative estimate of drug-likeness (QED) is 0.947. The minimum atomic E-state index is -1.03. The molecule has 1 aliphatic rings. The third-order valence-corrected chi connectivity index (χ3v) is 4.94. The van der Waals surface area contributed by atoms with E-state index in [1.807, 2.05) is 4.90 Å². The van der Waals surface area contributed by atoms with Crippen LogP contribution >= 0.6 is 11.3 Å². The molecule has 1 saturated heterocycles. The molecule has 3 rings (SSSR count). The highest BCUT2D eigenvalue weighted by Gasteiger charge is 2.24.